The Morgan fingerprint density at radius 2 is 2.08 bits per heavy atom. The van der Waals surface area contributed by atoms with Crippen LogP contribution in [-0.2, 0) is 4.79 Å². The predicted octanol–water partition coefficient (Wildman–Crippen LogP) is 1.76. The van der Waals surface area contributed by atoms with Crippen molar-refractivity contribution in [2.24, 2.45) is 0 Å². The molecule has 0 spiro atoms. The maximum Gasteiger partial charge on any atom is 0.246 e. The van der Waals surface area contributed by atoms with E-state index < -0.39 is 0 Å². The van der Waals surface area contributed by atoms with Gasteiger partial charge in [0, 0.05) is 44.4 Å². The molecule has 1 unspecified atom stereocenters. The molecule has 3 rings (SSSR count). The van der Waals surface area contributed by atoms with Crippen LogP contribution in [0.5, 0.6) is 0 Å². The minimum absolute atomic E-state index is 0.0334. The number of piperazine rings is 1. The van der Waals surface area contributed by atoms with E-state index in [0.29, 0.717) is 24.6 Å². The number of hydrogen-bond donors (Lipinski definition) is 1. The van der Waals surface area contributed by atoms with Crippen molar-refractivity contribution in [2.75, 3.05) is 32.8 Å². The zero-order valence-electron chi connectivity index (χ0n) is 13.9. The van der Waals surface area contributed by atoms with Gasteiger partial charge in [0.2, 0.25) is 11.8 Å². The molecule has 24 heavy (non-hydrogen) atoms. The number of carbonyl (C=O) groups excluding carboxylic acids is 1. The Hall–Kier alpha value is -2.18. The highest BCUT2D eigenvalue weighted by Gasteiger charge is 2.23. The number of oxazole rings is 1. The molecule has 1 atom stereocenters. The summed E-state index contributed by atoms with van der Waals surface area (Å²) in [6.45, 7) is 5.17. The van der Waals surface area contributed by atoms with Crippen molar-refractivity contribution in [2.45, 2.75) is 19.4 Å². The number of aromatic nitrogens is 1. The Bertz CT molecular complexity index is 680. The first-order chi connectivity index (χ1) is 11.7. The molecular formula is C18H23N3O3. The fourth-order valence-electron chi connectivity index (χ4n) is 3.02. The van der Waals surface area contributed by atoms with Crippen LogP contribution >= 0.6 is 0 Å². The van der Waals surface area contributed by atoms with E-state index in [9.17, 15) is 9.90 Å². The van der Waals surface area contributed by atoms with E-state index in [4.69, 9.17) is 4.42 Å². The van der Waals surface area contributed by atoms with E-state index in [2.05, 4.69) is 16.8 Å². The first-order valence-electron chi connectivity index (χ1n) is 8.38. The van der Waals surface area contributed by atoms with Crippen molar-refractivity contribution in [1.82, 2.24) is 14.8 Å². The topological polar surface area (TPSA) is 69.8 Å². The number of amides is 1. The molecule has 2 heterocycles. The second-order valence-electron chi connectivity index (χ2n) is 5.96. The van der Waals surface area contributed by atoms with E-state index in [1.807, 2.05) is 29.2 Å². The number of nitrogens with zero attached hydrogens (tertiary/aromatic N) is 3. The zero-order chi connectivity index (χ0) is 16.9. The van der Waals surface area contributed by atoms with Crippen LogP contribution in [0.2, 0.25) is 0 Å². The van der Waals surface area contributed by atoms with Gasteiger partial charge < -0.3 is 14.4 Å². The largest absolute Gasteiger partial charge is 0.437 e. The summed E-state index contributed by atoms with van der Waals surface area (Å²) in [7, 11) is 0. The minimum Gasteiger partial charge on any atom is -0.437 e. The van der Waals surface area contributed by atoms with Gasteiger partial charge >= 0.3 is 0 Å². The predicted molar refractivity (Wildman–Crippen MR) is 92.4 cm³/mol. The Morgan fingerprint density at radius 1 is 1.33 bits per heavy atom. The van der Waals surface area contributed by atoms with Crippen molar-refractivity contribution in [3.63, 3.8) is 0 Å². The Labute approximate surface area is 141 Å². The van der Waals surface area contributed by atoms with Gasteiger partial charge in [-0.2, -0.15) is 0 Å². The summed E-state index contributed by atoms with van der Waals surface area (Å²) in [5, 5.41) is 9.37. The molecule has 0 bridgehead atoms. The smallest absolute Gasteiger partial charge is 0.246 e. The molecule has 1 saturated heterocycles. The average Bonchev–Trinajstić information content (AvgIpc) is 3.04. The van der Waals surface area contributed by atoms with Gasteiger partial charge in [-0.25, -0.2) is 4.98 Å². The standard InChI is InChI=1S/C18H23N3O3/c1-2-14(13-22)20-9-11-21(12-10-20)18(23)8-7-17-19-15-5-3-4-6-16(15)24-17/h3-8,14,22H,2,9-13H2,1H3/b8-7+. The number of aliphatic hydroxyl groups is 1. The first-order valence-corrected chi connectivity index (χ1v) is 8.38. The molecule has 1 aliphatic rings. The third-order valence-corrected chi connectivity index (χ3v) is 4.50. The highest BCUT2D eigenvalue weighted by Crippen LogP contribution is 2.16. The van der Waals surface area contributed by atoms with Crippen LogP contribution in [0.15, 0.2) is 34.8 Å². The SMILES string of the molecule is CCC(CO)N1CCN(C(=O)/C=C/c2nc3ccccc3o2)CC1. The van der Waals surface area contributed by atoms with Crippen LogP contribution in [0.4, 0.5) is 0 Å². The highest BCUT2D eigenvalue weighted by atomic mass is 16.3. The van der Waals surface area contributed by atoms with Crippen LogP contribution in [0, 0.1) is 0 Å². The number of benzene rings is 1. The number of para-hydroxylation sites is 2. The summed E-state index contributed by atoms with van der Waals surface area (Å²) in [5.74, 6) is 0.406. The van der Waals surface area contributed by atoms with E-state index in [1.165, 1.54) is 6.08 Å². The molecule has 6 heteroatoms. The van der Waals surface area contributed by atoms with Gasteiger partial charge in [0.15, 0.2) is 5.58 Å². The van der Waals surface area contributed by atoms with Gasteiger partial charge in [0.05, 0.1) is 6.61 Å². The number of fused-ring (bicyclic) bond motifs is 1. The number of carbonyl (C=O) groups is 1. The van der Waals surface area contributed by atoms with E-state index in [-0.39, 0.29) is 18.6 Å². The molecule has 2 aromatic rings. The molecule has 1 amide bonds. The molecule has 1 N–H and O–H groups in total. The van der Waals surface area contributed by atoms with Gasteiger partial charge in [-0.15, -0.1) is 0 Å². The lowest BCUT2D eigenvalue weighted by Gasteiger charge is -2.38. The van der Waals surface area contributed by atoms with E-state index in [1.54, 1.807) is 6.08 Å². The van der Waals surface area contributed by atoms with Crippen molar-refractivity contribution in [3.05, 3.63) is 36.2 Å². The molecule has 0 saturated carbocycles. The fourth-order valence-corrected chi connectivity index (χ4v) is 3.02. The third-order valence-electron chi connectivity index (χ3n) is 4.50. The van der Waals surface area contributed by atoms with Crippen molar-refractivity contribution in [1.29, 1.82) is 0 Å². The van der Waals surface area contributed by atoms with Crippen LogP contribution in [0.3, 0.4) is 0 Å². The number of rotatable bonds is 5. The van der Waals surface area contributed by atoms with Crippen LogP contribution < -0.4 is 0 Å². The van der Waals surface area contributed by atoms with Crippen LogP contribution in [0.1, 0.15) is 19.2 Å². The monoisotopic (exact) mass is 329 g/mol. The number of aliphatic hydroxyl groups excluding tert-OH is 1. The molecule has 0 aliphatic carbocycles. The highest BCUT2D eigenvalue weighted by molar-refractivity contribution is 5.91. The van der Waals surface area contributed by atoms with Gasteiger partial charge in [0.1, 0.15) is 5.52 Å². The average molecular weight is 329 g/mol. The summed E-state index contributed by atoms with van der Waals surface area (Å²) in [6, 6.07) is 7.72. The minimum atomic E-state index is -0.0334. The summed E-state index contributed by atoms with van der Waals surface area (Å²) in [5.41, 5.74) is 1.50. The quantitative estimate of drug-likeness (QED) is 0.847. The summed E-state index contributed by atoms with van der Waals surface area (Å²) in [6.07, 6.45) is 4.06. The second-order valence-corrected chi connectivity index (χ2v) is 5.96. The van der Waals surface area contributed by atoms with Gasteiger partial charge in [-0.1, -0.05) is 19.1 Å². The molecule has 1 aromatic heterocycles. The molecule has 6 nitrogen and oxygen atoms in total. The first kappa shape index (κ1) is 16.7. The van der Waals surface area contributed by atoms with Crippen LogP contribution in [0.25, 0.3) is 17.2 Å². The van der Waals surface area contributed by atoms with E-state index >= 15 is 0 Å². The van der Waals surface area contributed by atoms with Gasteiger partial charge in [0.25, 0.3) is 0 Å². The maximum atomic E-state index is 12.3. The van der Waals surface area contributed by atoms with Gasteiger partial charge in [-0.3, -0.25) is 9.69 Å². The lowest BCUT2D eigenvalue weighted by molar-refractivity contribution is -0.128. The lowest BCUT2D eigenvalue weighted by Crippen LogP contribution is -2.52. The van der Waals surface area contributed by atoms with Crippen LogP contribution in [-0.4, -0.2) is 64.6 Å². The molecule has 1 fully saturated rings. The Morgan fingerprint density at radius 3 is 2.75 bits per heavy atom. The molecule has 1 aromatic carbocycles. The summed E-state index contributed by atoms with van der Waals surface area (Å²) in [4.78, 5) is 20.7. The molecule has 1 aliphatic heterocycles. The van der Waals surface area contributed by atoms with Crippen molar-refractivity contribution < 1.29 is 14.3 Å². The number of hydrogen-bond acceptors (Lipinski definition) is 5. The fraction of sp³-hybridized carbons (Fsp3) is 0.444. The molecule has 128 valence electrons. The normalized spacial score (nSPS) is 17.7. The van der Waals surface area contributed by atoms with E-state index in [0.717, 1.165) is 25.0 Å². The van der Waals surface area contributed by atoms with Crippen molar-refractivity contribution >= 4 is 23.1 Å². The zero-order valence-corrected chi connectivity index (χ0v) is 13.9. The second kappa shape index (κ2) is 7.59. The van der Waals surface area contributed by atoms with Crippen molar-refractivity contribution in [3.8, 4) is 0 Å². The summed E-state index contributed by atoms with van der Waals surface area (Å²) < 4.78 is 5.58. The Balaban J connectivity index is 1.57. The summed E-state index contributed by atoms with van der Waals surface area (Å²) >= 11 is 0. The third kappa shape index (κ3) is 3.66. The Kier molecular flexibility index (Phi) is 5.27. The molecular weight excluding hydrogens is 306 g/mol. The molecule has 0 radical (unpaired) electrons. The maximum absolute atomic E-state index is 12.3. The van der Waals surface area contributed by atoms with Gasteiger partial charge in [-0.05, 0) is 18.6 Å². The lowest BCUT2D eigenvalue weighted by atomic mass is 10.1.